The van der Waals surface area contributed by atoms with Crippen LogP contribution in [0.2, 0.25) is 0 Å². The van der Waals surface area contributed by atoms with E-state index < -0.39 is 17.7 Å². The van der Waals surface area contributed by atoms with Crippen molar-refractivity contribution in [1.29, 1.82) is 0 Å². The fourth-order valence-corrected chi connectivity index (χ4v) is 2.85. The van der Waals surface area contributed by atoms with Gasteiger partial charge in [-0.15, -0.1) is 0 Å². The van der Waals surface area contributed by atoms with E-state index in [0.29, 0.717) is 11.8 Å². The SMILES string of the molecule is C.COC(=O)[C@H]1O[C@@H](/C=C/c2ccccc2)[C@@H](C)[C@@H](C)[C@H]1C.O=S=O. The average molecular weight is 368 g/mol. The maximum absolute atomic E-state index is 11.9. The molecule has 1 aromatic carbocycles. The fourth-order valence-electron chi connectivity index (χ4n) is 2.85. The number of hydrogen-bond acceptors (Lipinski definition) is 5. The molecule has 1 fully saturated rings. The summed E-state index contributed by atoms with van der Waals surface area (Å²) in [5.74, 6) is 0.641. The normalized spacial score (nSPS) is 28.2. The van der Waals surface area contributed by atoms with Crippen molar-refractivity contribution in [2.75, 3.05) is 7.11 Å². The largest absolute Gasteiger partial charge is 0.467 e. The van der Waals surface area contributed by atoms with E-state index in [9.17, 15) is 4.79 Å². The number of esters is 1. The predicted octanol–water partition coefficient (Wildman–Crippen LogP) is 3.51. The summed E-state index contributed by atoms with van der Waals surface area (Å²) >= 11 is -0.750. The van der Waals surface area contributed by atoms with Crippen molar-refractivity contribution in [3.05, 3.63) is 42.0 Å². The summed E-state index contributed by atoms with van der Waals surface area (Å²) in [5.41, 5.74) is 1.13. The summed E-state index contributed by atoms with van der Waals surface area (Å²) in [6, 6.07) is 10.1. The molecule has 0 saturated carbocycles. The molecule has 25 heavy (non-hydrogen) atoms. The Morgan fingerprint density at radius 2 is 1.64 bits per heavy atom. The molecule has 1 aromatic rings. The van der Waals surface area contributed by atoms with Crippen molar-refractivity contribution in [3.8, 4) is 0 Å². The molecule has 5 atom stereocenters. The number of carbonyl (C=O) groups excluding carboxylic acids is 1. The lowest BCUT2D eigenvalue weighted by atomic mass is 9.76. The molecule has 0 radical (unpaired) electrons. The highest BCUT2D eigenvalue weighted by molar-refractivity contribution is 7.51. The average Bonchev–Trinajstić information content (AvgIpc) is 2.60. The van der Waals surface area contributed by atoms with Gasteiger partial charge in [0.1, 0.15) is 0 Å². The van der Waals surface area contributed by atoms with Gasteiger partial charge in [-0.3, -0.25) is 0 Å². The minimum Gasteiger partial charge on any atom is -0.467 e. The Hall–Kier alpha value is -1.79. The van der Waals surface area contributed by atoms with Gasteiger partial charge in [0.05, 0.1) is 13.2 Å². The van der Waals surface area contributed by atoms with Crippen LogP contribution >= 0.6 is 0 Å². The quantitative estimate of drug-likeness (QED) is 0.764. The molecule has 0 unspecified atom stereocenters. The molecular weight excluding hydrogens is 340 g/mol. The Morgan fingerprint density at radius 3 is 2.16 bits per heavy atom. The second kappa shape index (κ2) is 11.7. The van der Waals surface area contributed by atoms with Crippen LogP contribution in [0.5, 0.6) is 0 Å². The Bertz CT molecular complexity index is 581. The smallest absolute Gasteiger partial charge is 0.335 e. The van der Waals surface area contributed by atoms with Gasteiger partial charge in [0, 0.05) is 0 Å². The highest BCUT2D eigenvalue weighted by atomic mass is 32.1. The van der Waals surface area contributed by atoms with Crippen LogP contribution in [0.3, 0.4) is 0 Å². The summed E-state index contributed by atoms with van der Waals surface area (Å²) in [6.45, 7) is 6.41. The van der Waals surface area contributed by atoms with Gasteiger partial charge in [-0.1, -0.05) is 70.7 Å². The Balaban J connectivity index is 0.00000134. The fraction of sp³-hybridized carbons (Fsp3) is 0.526. The monoisotopic (exact) mass is 368 g/mol. The van der Waals surface area contributed by atoms with Crippen LogP contribution in [-0.2, 0) is 25.8 Å². The van der Waals surface area contributed by atoms with Gasteiger partial charge in [-0.2, -0.15) is 8.42 Å². The van der Waals surface area contributed by atoms with Crippen LogP contribution in [0.1, 0.15) is 33.8 Å². The van der Waals surface area contributed by atoms with Crippen LogP contribution in [0, 0.1) is 17.8 Å². The third kappa shape index (κ3) is 6.55. The van der Waals surface area contributed by atoms with Crippen molar-refractivity contribution in [2.45, 2.75) is 40.4 Å². The first kappa shape index (κ1) is 23.2. The van der Waals surface area contributed by atoms with E-state index in [2.05, 4.69) is 32.9 Å². The van der Waals surface area contributed by atoms with Gasteiger partial charge in [-0.25, -0.2) is 4.79 Å². The zero-order chi connectivity index (χ0) is 18.1. The van der Waals surface area contributed by atoms with Crippen molar-refractivity contribution < 1.29 is 22.7 Å². The van der Waals surface area contributed by atoms with Crippen molar-refractivity contribution in [1.82, 2.24) is 0 Å². The van der Waals surface area contributed by atoms with Gasteiger partial charge in [0.25, 0.3) is 0 Å². The number of carbonyl (C=O) groups is 1. The maximum atomic E-state index is 11.9. The Kier molecular flexibility index (Phi) is 10.9. The first-order valence-corrected chi connectivity index (χ1v) is 8.51. The molecule has 1 aliphatic rings. The molecule has 0 amide bonds. The van der Waals surface area contributed by atoms with E-state index in [0.717, 1.165) is 5.56 Å². The zero-order valence-corrected chi connectivity index (χ0v) is 15.2. The summed E-state index contributed by atoms with van der Waals surface area (Å²) < 4.78 is 27.4. The summed E-state index contributed by atoms with van der Waals surface area (Å²) in [5, 5.41) is 0. The van der Waals surface area contributed by atoms with E-state index in [1.54, 1.807) is 0 Å². The molecule has 0 bridgehead atoms. The Morgan fingerprint density at radius 1 is 1.08 bits per heavy atom. The van der Waals surface area contributed by atoms with Gasteiger partial charge in [0.15, 0.2) is 6.10 Å². The number of hydrogen-bond donors (Lipinski definition) is 0. The van der Waals surface area contributed by atoms with Gasteiger partial charge in [-0.05, 0) is 23.3 Å². The maximum Gasteiger partial charge on any atom is 0.335 e. The third-order valence-electron chi connectivity index (χ3n) is 4.67. The van der Waals surface area contributed by atoms with Gasteiger partial charge in [0.2, 0.25) is 0 Å². The number of benzene rings is 1. The summed E-state index contributed by atoms with van der Waals surface area (Å²) in [6.07, 6.45) is 3.56. The van der Waals surface area contributed by atoms with E-state index in [1.165, 1.54) is 7.11 Å². The van der Waals surface area contributed by atoms with E-state index >= 15 is 0 Å². The highest BCUT2D eigenvalue weighted by Gasteiger charge is 2.41. The van der Waals surface area contributed by atoms with E-state index in [1.807, 2.05) is 30.3 Å². The molecule has 1 aliphatic heterocycles. The molecule has 1 saturated heterocycles. The molecular formula is C19H28O5S. The van der Waals surface area contributed by atoms with Crippen LogP contribution in [0.25, 0.3) is 6.08 Å². The molecule has 0 spiro atoms. The van der Waals surface area contributed by atoms with E-state index in [4.69, 9.17) is 17.9 Å². The van der Waals surface area contributed by atoms with Crippen LogP contribution in [0.15, 0.2) is 36.4 Å². The van der Waals surface area contributed by atoms with Crippen LogP contribution < -0.4 is 0 Å². The molecule has 5 nitrogen and oxygen atoms in total. The molecule has 0 aliphatic carbocycles. The molecule has 1 heterocycles. The zero-order valence-electron chi connectivity index (χ0n) is 14.4. The van der Waals surface area contributed by atoms with Crippen molar-refractivity contribution >= 4 is 23.6 Å². The second-order valence-corrected chi connectivity index (χ2v) is 6.10. The highest BCUT2D eigenvalue weighted by Crippen LogP contribution is 2.36. The lowest BCUT2D eigenvalue weighted by Crippen LogP contribution is -2.47. The lowest BCUT2D eigenvalue weighted by Gasteiger charge is -2.41. The molecule has 140 valence electrons. The van der Waals surface area contributed by atoms with Crippen LogP contribution in [-0.4, -0.2) is 33.7 Å². The number of ether oxygens (including phenoxy) is 2. The number of methoxy groups -OCH3 is 1. The van der Waals surface area contributed by atoms with Gasteiger partial charge < -0.3 is 9.47 Å². The molecule has 6 heteroatoms. The number of rotatable bonds is 3. The topological polar surface area (TPSA) is 69.7 Å². The molecule has 2 rings (SSSR count). The molecule has 0 aromatic heterocycles. The summed E-state index contributed by atoms with van der Waals surface area (Å²) in [7, 11) is 1.41. The minimum absolute atomic E-state index is 0. The molecule has 0 N–H and O–H groups in total. The third-order valence-corrected chi connectivity index (χ3v) is 4.67. The van der Waals surface area contributed by atoms with Crippen molar-refractivity contribution in [3.63, 3.8) is 0 Å². The first-order chi connectivity index (χ1) is 11.5. The van der Waals surface area contributed by atoms with E-state index in [-0.39, 0.29) is 25.4 Å². The minimum atomic E-state index is -0.750. The van der Waals surface area contributed by atoms with Crippen LogP contribution in [0.4, 0.5) is 0 Å². The lowest BCUT2D eigenvalue weighted by molar-refractivity contribution is -0.175. The standard InChI is InChI=1S/C18H24O3.CH4.O2S/c1-12-13(2)16(11-10-15-8-6-5-7-9-15)21-17(14(12)3)18(19)20-4;;1-3-2/h5-14,16-17H,1-4H3;1H4;/b11-10+;;/t12-,13+,14-,16+,17+;;/m1../s1. The van der Waals surface area contributed by atoms with Gasteiger partial charge >= 0.3 is 17.5 Å². The van der Waals surface area contributed by atoms with Crippen molar-refractivity contribution in [2.24, 2.45) is 17.8 Å². The summed E-state index contributed by atoms with van der Waals surface area (Å²) in [4.78, 5) is 11.9. The first-order valence-electron chi connectivity index (χ1n) is 7.84. The second-order valence-electron chi connectivity index (χ2n) is 5.96. The predicted molar refractivity (Wildman–Crippen MR) is 99.3 cm³/mol. The Labute approximate surface area is 154 Å².